The summed E-state index contributed by atoms with van der Waals surface area (Å²) in [6.07, 6.45) is 0.917. The second-order valence-corrected chi connectivity index (χ2v) is 4.37. The lowest BCUT2D eigenvalue weighted by molar-refractivity contribution is 0.477. The number of hydrogen-bond donors (Lipinski definition) is 2. The molecule has 84 valence electrons. The van der Waals surface area contributed by atoms with E-state index in [0.29, 0.717) is 0 Å². The summed E-state index contributed by atoms with van der Waals surface area (Å²) in [5, 5.41) is 15.7. The van der Waals surface area contributed by atoms with Gasteiger partial charge in [-0.3, -0.25) is 0 Å². The zero-order chi connectivity index (χ0) is 11.4. The van der Waals surface area contributed by atoms with Crippen LogP contribution >= 0.6 is 11.3 Å². The number of phenolic OH excluding ortho intramolecular Hbond substituents is 1. The Balaban J connectivity index is 2.22. The van der Waals surface area contributed by atoms with Gasteiger partial charge in [0.1, 0.15) is 10.8 Å². The van der Waals surface area contributed by atoms with E-state index in [-0.39, 0.29) is 5.75 Å². The highest BCUT2D eigenvalue weighted by Crippen LogP contribution is 2.30. The van der Waals surface area contributed by atoms with Crippen LogP contribution in [0.1, 0.15) is 5.69 Å². The van der Waals surface area contributed by atoms with Gasteiger partial charge in [-0.1, -0.05) is 12.1 Å². The lowest BCUT2D eigenvalue weighted by Crippen LogP contribution is -2.10. The van der Waals surface area contributed by atoms with Crippen molar-refractivity contribution in [1.29, 1.82) is 0 Å². The molecule has 0 aliphatic heterocycles. The summed E-state index contributed by atoms with van der Waals surface area (Å²) in [5.41, 5.74) is 1.88. The fourth-order valence-electron chi connectivity index (χ4n) is 1.45. The molecule has 0 atom stereocenters. The SMILES string of the molecule is CNCCc1csc(-c2ccccc2O)n1. The number of aromatic nitrogens is 1. The van der Waals surface area contributed by atoms with E-state index in [1.807, 2.05) is 30.6 Å². The monoisotopic (exact) mass is 234 g/mol. The Hall–Kier alpha value is -1.39. The van der Waals surface area contributed by atoms with Crippen molar-refractivity contribution in [3.8, 4) is 16.3 Å². The van der Waals surface area contributed by atoms with E-state index >= 15 is 0 Å². The number of nitrogens with one attached hydrogen (secondary N) is 1. The molecule has 0 spiro atoms. The van der Waals surface area contributed by atoms with Gasteiger partial charge in [0.05, 0.1) is 11.3 Å². The van der Waals surface area contributed by atoms with Crippen LogP contribution in [0.2, 0.25) is 0 Å². The van der Waals surface area contributed by atoms with Crippen LogP contribution in [0.15, 0.2) is 29.6 Å². The summed E-state index contributed by atoms with van der Waals surface area (Å²) in [6.45, 7) is 0.921. The first-order chi connectivity index (χ1) is 7.81. The molecule has 0 aliphatic rings. The van der Waals surface area contributed by atoms with Gasteiger partial charge >= 0.3 is 0 Å². The fourth-order valence-corrected chi connectivity index (χ4v) is 2.34. The fraction of sp³-hybridized carbons (Fsp3) is 0.250. The Bertz CT molecular complexity index is 468. The predicted octanol–water partition coefficient (Wildman–Crippen LogP) is 2.28. The number of thiazole rings is 1. The molecule has 0 saturated carbocycles. The van der Waals surface area contributed by atoms with Crippen LogP contribution in [-0.2, 0) is 6.42 Å². The Kier molecular flexibility index (Phi) is 3.54. The number of para-hydroxylation sites is 1. The minimum Gasteiger partial charge on any atom is -0.507 e. The molecule has 1 aromatic carbocycles. The smallest absolute Gasteiger partial charge is 0.127 e. The molecule has 16 heavy (non-hydrogen) atoms. The normalized spacial score (nSPS) is 10.6. The Morgan fingerprint density at radius 3 is 2.94 bits per heavy atom. The molecule has 0 radical (unpaired) electrons. The van der Waals surface area contributed by atoms with Gasteiger partial charge < -0.3 is 10.4 Å². The second-order valence-electron chi connectivity index (χ2n) is 3.51. The summed E-state index contributed by atoms with van der Waals surface area (Å²) >= 11 is 1.57. The maximum absolute atomic E-state index is 9.70. The molecule has 1 heterocycles. The molecular weight excluding hydrogens is 220 g/mol. The number of hydrogen-bond acceptors (Lipinski definition) is 4. The van der Waals surface area contributed by atoms with Gasteiger partial charge in [0, 0.05) is 18.3 Å². The molecule has 0 aliphatic carbocycles. The third-order valence-electron chi connectivity index (χ3n) is 2.32. The standard InChI is InChI=1S/C12H14N2OS/c1-13-7-6-9-8-16-12(14-9)10-4-2-3-5-11(10)15/h2-5,8,13,15H,6-7H2,1H3. The van der Waals surface area contributed by atoms with Gasteiger partial charge in [-0.25, -0.2) is 4.98 Å². The molecule has 0 fully saturated rings. The maximum Gasteiger partial charge on any atom is 0.127 e. The second kappa shape index (κ2) is 5.09. The topological polar surface area (TPSA) is 45.1 Å². The summed E-state index contributed by atoms with van der Waals surface area (Å²) in [7, 11) is 1.93. The first-order valence-electron chi connectivity index (χ1n) is 5.18. The van der Waals surface area contributed by atoms with Gasteiger partial charge in [-0.15, -0.1) is 11.3 Å². The van der Waals surface area contributed by atoms with Crippen LogP contribution in [0.25, 0.3) is 10.6 Å². The largest absolute Gasteiger partial charge is 0.507 e. The Morgan fingerprint density at radius 2 is 2.19 bits per heavy atom. The van der Waals surface area contributed by atoms with E-state index in [4.69, 9.17) is 0 Å². The number of rotatable bonds is 4. The molecule has 2 rings (SSSR count). The van der Waals surface area contributed by atoms with Crippen molar-refractivity contribution in [2.24, 2.45) is 0 Å². The number of nitrogens with zero attached hydrogens (tertiary/aromatic N) is 1. The Morgan fingerprint density at radius 1 is 1.38 bits per heavy atom. The van der Waals surface area contributed by atoms with Crippen molar-refractivity contribution in [3.63, 3.8) is 0 Å². The van der Waals surface area contributed by atoms with Crippen molar-refractivity contribution in [3.05, 3.63) is 35.3 Å². The third kappa shape index (κ3) is 2.40. The average Bonchev–Trinajstić information content (AvgIpc) is 2.75. The van der Waals surface area contributed by atoms with Crippen molar-refractivity contribution in [2.75, 3.05) is 13.6 Å². The van der Waals surface area contributed by atoms with Gasteiger partial charge in [-0.2, -0.15) is 0 Å². The highest BCUT2D eigenvalue weighted by molar-refractivity contribution is 7.13. The number of aromatic hydroxyl groups is 1. The van der Waals surface area contributed by atoms with Crippen LogP contribution in [0, 0.1) is 0 Å². The highest BCUT2D eigenvalue weighted by atomic mass is 32.1. The number of likely N-dealkylation sites (N-methyl/N-ethyl adjacent to an activating group) is 1. The zero-order valence-electron chi connectivity index (χ0n) is 9.10. The maximum atomic E-state index is 9.70. The molecule has 1 aromatic heterocycles. The van der Waals surface area contributed by atoms with Crippen molar-refractivity contribution in [1.82, 2.24) is 10.3 Å². The first kappa shape index (κ1) is 11.1. The van der Waals surface area contributed by atoms with Crippen LogP contribution in [-0.4, -0.2) is 23.7 Å². The van der Waals surface area contributed by atoms with E-state index in [0.717, 1.165) is 29.2 Å². The molecule has 0 amide bonds. The molecule has 2 N–H and O–H groups in total. The highest BCUT2D eigenvalue weighted by Gasteiger charge is 2.07. The van der Waals surface area contributed by atoms with Gasteiger partial charge in [0.25, 0.3) is 0 Å². The third-order valence-corrected chi connectivity index (χ3v) is 3.24. The number of phenols is 1. The van der Waals surface area contributed by atoms with Crippen molar-refractivity contribution < 1.29 is 5.11 Å². The predicted molar refractivity (Wildman–Crippen MR) is 66.8 cm³/mol. The van der Waals surface area contributed by atoms with Crippen LogP contribution in [0.5, 0.6) is 5.75 Å². The van der Waals surface area contributed by atoms with Crippen LogP contribution < -0.4 is 5.32 Å². The van der Waals surface area contributed by atoms with Gasteiger partial charge in [0.2, 0.25) is 0 Å². The molecule has 4 heteroatoms. The van der Waals surface area contributed by atoms with Crippen LogP contribution in [0.3, 0.4) is 0 Å². The van der Waals surface area contributed by atoms with E-state index in [2.05, 4.69) is 10.3 Å². The molecule has 0 unspecified atom stereocenters. The van der Waals surface area contributed by atoms with Crippen molar-refractivity contribution >= 4 is 11.3 Å². The quantitative estimate of drug-likeness (QED) is 0.853. The minimum absolute atomic E-state index is 0.289. The van der Waals surface area contributed by atoms with E-state index in [1.165, 1.54) is 0 Å². The van der Waals surface area contributed by atoms with Gasteiger partial charge in [-0.05, 0) is 19.2 Å². The lowest BCUT2D eigenvalue weighted by Gasteiger charge is -1.99. The number of benzene rings is 1. The summed E-state index contributed by atoms with van der Waals surface area (Å²) in [4.78, 5) is 4.50. The first-order valence-corrected chi connectivity index (χ1v) is 6.06. The summed E-state index contributed by atoms with van der Waals surface area (Å²) in [6, 6.07) is 7.29. The Labute approximate surface area is 98.8 Å². The van der Waals surface area contributed by atoms with Gasteiger partial charge in [0.15, 0.2) is 0 Å². The molecular formula is C12H14N2OS. The van der Waals surface area contributed by atoms with E-state index in [9.17, 15) is 5.11 Å². The molecule has 3 nitrogen and oxygen atoms in total. The van der Waals surface area contributed by atoms with E-state index < -0.39 is 0 Å². The average molecular weight is 234 g/mol. The van der Waals surface area contributed by atoms with Crippen molar-refractivity contribution in [2.45, 2.75) is 6.42 Å². The summed E-state index contributed by atoms with van der Waals surface area (Å²) in [5.74, 6) is 0.289. The van der Waals surface area contributed by atoms with E-state index in [1.54, 1.807) is 17.4 Å². The molecule has 0 bridgehead atoms. The van der Waals surface area contributed by atoms with Crippen LogP contribution in [0.4, 0.5) is 0 Å². The lowest BCUT2D eigenvalue weighted by atomic mass is 10.2. The molecule has 0 saturated heterocycles. The zero-order valence-corrected chi connectivity index (χ0v) is 9.92. The summed E-state index contributed by atoms with van der Waals surface area (Å²) < 4.78 is 0. The minimum atomic E-state index is 0.289. The molecule has 2 aromatic rings.